The third kappa shape index (κ3) is 4.13. The molecule has 0 spiro atoms. The van der Waals surface area contributed by atoms with Gasteiger partial charge in [0.2, 0.25) is 0 Å². The number of anilines is 2. The Balaban J connectivity index is 2.04. The fourth-order valence-electron chi connectivity index (χ4n) is 1.83. The van der Waals surface area contributed by atoms with Crippen LogP contribution >= 0.6 is 11.6 Å². The molecule has 0 aliphatic carbocycles. The maximum Gasteiger partial charge on any atom is 0.265 e. The maximum atomic E-state index is 12.2. The monoisotopic (exact) mass is 304 g/mol. The van der Waals surface area contributed by atoms with Crippen molar-refractivity contribution in [3.05, 3.63) is 53.6 Å². The van der Waals surface area contributed by atoms with E-state index in [4.69, 9.17) is 22.1 Å². The molecule has 0 saturated carbocycles. The van der Waals surface area contributed by atoms with E-state index in [1.54, 1.807) is 18.2 Å². The van der Waals surface area contributed by atoms with Gasteiger partial charge in [0.1, 0.15) is 5.75 Å². The number of rotatable bonds is 5. The van der Waals surface area contributed by atoms with Crippen LogP contribution in [0.5, 0.6) is 5.75 Å². The Bertz CT molecular complexity index is 617. The highest BCUT2D eigenvalue weighted by molar-refractivity contribution is 6.33. The van der Waals surface area contributed by atoms with Gasteiger partial charge in [0, 0.05) is 5.69 Å². The van der Waals surface area contributed by atoms with Crippen molar-refractivity contribution in [3.8, 4) is 5.75 Å². The van der Waals surface area contributed by atoms with E-state index in [1.807, 2.05) is 37.3 Å². The summed E-state index contributed by atoms with van der Waals surface area (Å²) in [6, 6.07) is 14.2. The van der Waals surface area contributed by atoms with Gasteiger partial charge in [-0.2, -0.15) is 0 Å². The van der Waals surface area contributed by atoms with Crippen LogP contribution in [-0.4, -0.2) is 12.0 Å². The summed E-state index contributed by atoms with van der Waals surface area (Å²) in [5, 5.41) is 3.24. The second kappa shape index (κ2) is 6.99. The second-order valence-electron chi connectivity index (χ2n) is 4.55. The fourth-order valence-corrected chi connectivity index (χ4v) is 1.95. The molecule has 0 aliphatic rings. The van der Waals surface area contributed by atoms with Gasteiger partial charge in [-0.1, -0.05) is 36.7 Å². The van der Waals surface area contributed by atoms with Crippen molar-refractivity contribution in [3.63, 3.8) is 0 Å². The third-order valence-corrected chi connectivity index (χ3v) is 3.29. The molecule has 0 radical (unpaired) electrons. The lowest BCUT2D eigenvalue weighted by Gasteiger charge is -2.17. The van der Waals surface area contributed by atoms with Crippen LogP contribution in [0.4, 0.5) is 11.4 Å². The summed E-state index contributed by atoms with van der Waals surface area (Å²) in [7, 11) is 0. The van der Waals surface area contributed by atoms with E-state index >= 15 is 0 Å². The van der Waals surface area contributed by atoms with Gasteiger partial charge in [-0.3, -0.25) is 4.79 Å². The van der Waals surface area contributed by atoms with Gasteiger partial charge in [0.15, 0.2) is 6.10 Å². The molecule has 1 atom stereocenters. The molecule has 0 bridgehead atoms. The first-order valence-corrected chi connectivity index (χ1v) is 7.05. The van der Waals surface area contributed by atoms with Crippen LogP contribution in [0, 0.1) is 0 Å². The number of halogens is 1. The second-order valence-corrected chi connectivity index (χ2v) is 4.96. The molecule has 0 heterocycles. The molecular weight excluding hydrogens is 288 g/mol. The average molecular weight is 305 g/mol. The van der Waals surface area contributed by atoms with Crippen molar-refractivity contribution in [1.29, 1.82) is 0 Å². The van der Waals surface area contributed by atoms with Crippen LogP contribution in [0.1, 0.15) is 13.3 Å². The van der Waals surface area contributed by atoms with Crippen molar-refractivity contribution in [1.82, 2.24) is 0 Å². The van der Waals surface area contributed by atoms with Crippen LogP contribution in [0.15, 0.2) is 48.5 Å². The minimum absolute atomic E-state index is 0.219. The summed E-state index contributed by atoms with van der Waals surface area (Å²) in [4.78, 5) is 12.2. The van der Waals surface area contributed by atoms with E-state index < -0.39 is 6.10 Å². The number of carbonyl (C=O) groups excluding carboxylic acids is 1. The van der Waals surface area contributed by atoms with Gasteiger partial charge in [-0.25, -0.2) is 0 Å². The predicted octanol–water partition coefficient (Wildman–Crippen LogP) is 3.72. The molecule has 0 aromatic heterocycles. The summed E-state index contributed by atoms with van der Waals surface area (Å²) in [5.74, 6) is 0.443. The number of nitrogens with two attached hydrogens (primary N) is 1. The Hall–Kier alpha value is -2.20. The lowest BCUT2D eigenvalue weighted by atomic mass is 10.2. The average Bonchev–Trinajstić information content (AvgIpc) is 2.49. The zero-order valence-corrected chi connectivity index (χ0v) is 12.4. The van der Waals surface area contributed by atoms with Gasteiger partial charge in [-0.05, 0) is 36.8 Å². The standard InChI is InChI=1S/C16H17ClN2O2/c1-2-15(21-12-6-4-3-5-7-12)16(20)19-11-8-9-13(17)14(18)10-11/h3-10,15H,2,18H2,1H3,(H,19,20)/t15-/m1/s1. The Labute approximate surface area is 128 Å². The number of amides is 1. The zero-order chi connectivity index (χ0) is 15.2. The molecule has 4 nitrogen and oxygen atoms in total. The summed E-state index contributed by atoms with van der Waals surface area (Å²) in [5.41, 5.74) is 6.73. The first-order valence-electron chi connectivity index (χ1n) is 6.67. The lowest BCUT2D eigenvalue weighted by molar-refractivity contribution is -0.122. The van der Waals surface area contributed by atoms with Gasteiger partial charge in [-0.15, -0.1) is 0 Å². The van der Waals surface area contributed by atoms with Crippen LogP contribution in [0.25, 0.3) is 0 Å². The van der Waals surface area contributed by atoms with E-state index in [0.29, 0.717) is 28.6 Å². The normalized spacial score (nSPS) is 11.7. The summed E-state index contributed by atoms with van der Waals surface area (Å²) in [6.07, 6.45) is -0.00614. The van der Waals surface area contributed by atoms with Crippen molar-refractivity contribution in [2.24, 2.45) is 0 Å². The van der Waals surface area contributed by atoms with E-state index in [-0.39, 0.29) is 5.91 Å². The lowest BCUT2D eigenvalue weighted by Crippen LogP contribution is -2.32. The number of carbonyl (C=O) groups is 1. The molecule has 0 unspecified atom stereocenters. The van der Waals surface area contributed by atoms with Crippen molar-refractivity contribution < 1.29 is 9.53 Å². The quantitative estimate of drug-likeness (QED) is 0.827. The molecule has 5 heteroatoms. The SMILES string of the molecule is CC[C@@H](Oc1ccccc1)C(=O)Nc1ccc(Cl)c(N)c1. The third-order valence-electron chi connectivity index (χ3n) is 2.95. The zero-order valence-electron chi connectivity index (χ0n) is 11.7. The number of nitrogens with one attached hydrogen (secondary N) is 1. The number of hydrogen-bond acceptors (Lipinski definition) is 3. The molecule has 1 amide bonds. The first kappa shape index (κ1) is 15.2. The van der Waals surface area contributed by atoms with Gasteiger partial charge < -0.3 is 15.8 Å². The van der Waals surface area contributed by atoms with Crippen LogP contribution in [0.2, 0.25) is 5.02 Å². The molecule has 0 saturated heterocycles. The van der Waals surface area contributed by atoms with Crippen LogP contribution in [0.3, 0.4) is 0 Å². The molecule has 110 valence electrons. The van der Waals surface area contributed by atoms with E-state index in [2.05, 4.69) is 5.32 Å². The number of ether oxygens (including phenoxy) is 1. The van der Waals surface area contributed by atoms with E-state index in [1.165, 1.54) is 0 Å². The van der Waals surface area contributed by atoms with Gasteiger partial charge in [0.05, 0.1) is 10.7 Å². The number of hydrogen-bond donors (Lipinski definition) is 2. The summed E-state index contributed by atoms with van der Waals surface area (Å²) in [6.45, 7) is 1.89. The van der Waals surface area contributed by atoms with Crippen LogP contribution in [-0.2, 0) is 4.79 Å². The van der Waals surface area contributed by atoms with E-state index in [9.17, 15) is 4.79 Å². The molecule has 2 aromatic rings. The molecule has 21 heavy (non-hydrogen) atoms. The number of benzene rings is 2. The molecule has 3 N–H and O–H groups in total. The molecule has 0 fully saturated rings. The fraction of sp³-hybridized carbons (Fsp3) is 0.188. The van der Waals surface area contributed by atoms with E-state index in [0.717, 1.165) is 0 Å². The first-order chi connectivity index (χ1) is 10.1. The Morgan fingerprint density at radius 1 is 1.29 bits per heavy atom. The smallest absolute Gasteiger partial charge is 0.265 e. The highest BCUT2D eigenvalue weighted by Gasteiger charge is 2.18. The Morgan fingerprint density at radius 2 is 2.00 bits per heavy atom. The topological polar surface area (TPSA) is 64.3 Å². The highest BCUT2D eigenvalue weighted by Crippen LogP contribution is 2.23. The molecule has 2 aromatic carbocycles. The summed E-state index contributed by atoms with van der Waals surface area (Å²) < 4.78 is 5.68. The van der Waals surface area contributed by atoms with Gasteiger partial charge in [0.25, 0.3) is 5.91 Å². The number of para-hydroxylation sites is 1. The molecule has 0 aliphatic heterocycles. The maximum absolute atomic E-state index is 12.2. The Kier molecular flexibility index (Phi) is 5.06. The minimum Gasteiger partial charge on any atom is -0.481 e. The van der Waals surface area contributed by atoms with Crippen molar-refractivity contribution >= 4 is 28.9 Å². The highest BCUT2D eigenvalue weighted by atomic mass is 35.5. The largest absolute Gasteiger partial charge is 0.481 e. The Morgan fingerprint density at radius 3 is 2.62 bits per heavy atom. The van der Waals surface area contributed by atoms with Crippen LogP contribution < -0.4 is 15.8 Å². The predicted molar refractivity (Wildman–Crippen MR) is 85.6 cm³/mol. The van der Waals surface area contributed by atoms with Crippen molar-refractivity contribution in [2.45, 2.75) is 19.4 Å². The summed E-state index contributed by atoms with van der Waals surface area (Å²) >= 11 is 5.85. The minimum atomic E-state index is -0.565. The van der Waals surface area contributed by atoms with Crippen molar-refractivity contribution in [2.75, 3.05) is 11.1 Å². The molecule has 2 rings (SSSR count). The van der Waals surface area contributed by atoms with Gasteiger partial charge >= 0.3 is 0 Å². The number of nitrogen functional groups attached to an aromatic ring is 1. The molecular formula is C16H17ClN2O2.